The molecule has 0 saturated carbocycles. The molecule has 1 saturated heterocycles. The van der Waals surface area contributed by atoms with E-state index in [0.29, 0.717) is 19.4 Å². The third kappa shape index (κ3) is 32.9. The van der Waals surface area contributed by atoms with Gasteiger partial charge in [0.1, 0.15) is 24.4 Å². The molecule has 1 fully saturated rings. The van der Waals surface area contributed by atoms with Crippen LogP contribution in [0.3, 0.4) is 0 Å². The van der Waals surface area contributed by atoms with Gasteiger partial charge < -0.3 is 45.1 Å². The smallest absolute Gasteiger partial charge is 0.305 e. The predicted molar refractivity (Wildman–Crippen MR) is 260 cm³/mol. The molecule has 1 amide bonds. The van der Waals surface area contributed by atoms with Crippen LogP contribution in [0, 0.1) is 0 Å². The number of hydrogen-bond acceptors (Lipinski definition) is 10. The number of allylic oxidation sites excluding steroid dienone is 9. The van der Waals surface area contributed by atoms with Gasteiger partial charge in [0, 0.05) is 12.8 Å². The van der Waals surface area contributed by atoms with Gasteiger partial charge in [0.2, 0.25) is 5.91 Å². The van der Waals surface area contributed by atoms with Gasteiger partial charge in [0.25, 0.3) is 0 Å². The number of ether oxygens (including phenoxy) is 3. The lowest BCUT2D eigenvalue weighted by atomic mass is 9.99. The van der Waals surface area contributed by atoms with Crippen molar-refractivity contribution in [3.63, 3.8) is 0 Å². The number of aliphatic hydroxyl groups is 5. The minimum atomic E-state index is -1.59. The molecule has 0 radical (unpaired) electrons. The molecule has 0 aliphatic carbocycles. The van der Waals surface area contributed by atoms with Crippen molar-refractivity contribution >= 4 is 11.9 Å². The van der Waals surface area contributed by atoms with E-state index in [1.54, 1.807) is 6.08 Å². The number of hydrogen-bond donors (Lipinski definition) is 6. The lowest BCUT2D eigenvalue weighted by Gasteiger charge is -2.40. The molecule has 7 atom stereocenters. The molecule has 11 heteroatoms. The fourth-order valence-electron chi connectivity index (χ4n) is 7.43. The van der Waals surface area contributed by atoms with Gasteiger partial charge in [-0.1, -0.05) is 158 Å². The fourth-order valence-corrected chi connectivity index (χ4v) is 7.43. The SMILES string of the molecule is CCCCC/C=C\CCCCCCCC(=O)OCCCCCCCC/C=C\C/C=C\CCC(=O)NC(COC1OC(CO)C(O)C(O)C1O)C(O)/C=C/CC/C=C/CCCCCCC. The van der Waals surface area contributed by atoms with Crippen LogP contribution in [0.4, 0.5) is 0 Å². The second-order valence-electron chi connectivity index (χ2n) is 17.5. The minimum Gasteiger partial charge on any atom is -0.466 e. The zero-order valence-corrected chi connectivity index (χ0v) is 40.2. The monoisotopic (exact) mass is 904 g/mol. The molecule has 370 valence electrons. The van der Waals surface area contributed by atoms with Crippen molar-refractivity contribution in [2.45, 2.75) is 243 Å². The third-order valence-corrected chi connectivity index (χ3v) is 11.6. The standard InChI is InChI=1S/C53H93NO10/c1-3-5-7-9-11-13-15-21-25-29-33-37-41-49(58)62-42-38-34-30-26-22-18-16-17-20-24-28-32-36-40-48(57)54-45(44-63-53-52(61)51(60)50(59)47(43-55)64-53)46(56)39-35-31-27-23-19-14-12-10-8-6-4-2/h11,13,17,19-20,23,28,32,35,39,45-47,50-53,55-56,59-61H,3-10,12,14-16,18,21-22,24-27,29-31,33-34,36-38,40-44H2,1-2H3,(H,54,57)/b13-11-,20-17-,23-19+,32-28-,39-35+. The van der Waals surface area contributed by atoms with E-state index in [1.807, 2.05) is 18.2 Å². The molecule has 6 N–H and O–H groups in total. The molecule has 1 rings (SSSR count). The van der Waals surface area contributed by atoms with Gasteiger partial charge in [-0.25, -0.2) is 0 Å². The van der Waals surface area contributed by atoms with Crippen LogP contribution in [0.25, 0.3) is 0 Å². The van der Waals surface area contributed by atoms with Crippen LogP contribution in [-0.4, -0.2) is 100 Å². The van der Waals surface area contributed by atoms with Crippen LogP contribution in [0.2, 0.25) is 0 Å². The predicted octanol–water partition coefficient (Wildman–Crippen LogP) is 10.3. The number of rotatable bonds is 42. The highest BCUT2D eigenvalue weighted by Crippen LogP contribution is 2.22. The minimum absolute atomic E-state index is 0.0519. The van der Waals surface area contributed by atoms with E-state index >= 15 is 0 Å². The molecule has 0 spiro atoms. The van der Waals surface area contributed by atoms with Crippen LogP contribution >= 0.6 is 0 Å². The Kier molecular flexibility index (Phi) is 39.9. The first kappa shape index (κ1) is 59.4. The number of carbonyl (C=O) groups is 2. The molecular formula is C53H93NO10. The summed E-state index contributed by atoms with van der Waals surface area (Å²) < 4.78 is 16.6. The van der Waals surface area contributed by atoms with Gasteiger partial charge in [-0.2, -0.15) is 0 Å². The van der Waals surface area contributed by atoms with E-state index in [4.69, 9.17) is 14.2 Å². The number of esters is 1. The van der Waals surface area contributed by atoms with Crippen molar-refractivity contribution in [3.05, 3.63) is 60.8 Å². The van der Waals surface area contributed by atoms with E-state index < -0.39 is 49.5 Å². The number of nitrogens with one attached hydrogen (secondary N) is 1. The summed E-state index contributed by atoms with van der Waals surface area (Å²) in [7, 11) is 0. The molecule has 1 heterocycles. The van der Waals surface area contributed by atoms with Gasteiger partial charge in [-0.15, -0.1) is 0 Å². The molecular weight excluding hydrogens is 811 g/mol. The van der Waals surface area contributed by atoms with E-state index in [0.717, 1.165) is 70.6 Å². The molecule has 7 unspecified atom stereocenters. The van der Waals surface area contributed by atoms with Gasteiger partial charge in [-0.3, -0.25) is 9.59 Å². The summed E-state index contributed by atoms with van der Waals surface area (Å²) in [5, 5.41) is 54.0. The van der Waals surface area contributed by atoms with Crippen LogP contribution < -0.4 is 5.32 Å². The zero-order valence-electron chi connectivity index (χ0n) is 40.2. The van der Waals surface area contributed by atoms with Crippen molar-refractivity contribution < 1.29 is 49.3 Å². The maximum atomic E-state index is 12.9. The summed E-state index contributed by atoms with van der Waals surface area (Å²) in [4.78, 5) is 24.9. The largest absolute Gasteiger partial charge is 0.466 e. The highest BCUT2D eigenvalue weighted by molar-refractivity contribution is 5.76. The molecule has 1 aliphatic heterocycles. The van der Waals surface area contributed by atoms with Crippen LogP contribution in [-0.2, 0) is 23.8 Å². The lowest BCUT2D eigenvalue weighted by molar-refractivity contribution is -0.302. The Hall–Kier alpha value is -2.64. The Balaban J connectivity index is 2.24. The first-order chi connectivity index (χ1) is 31.2. The maximum absolute atomic E-state index is 12.9. The third-order valence-electron chi connectivity index (χ3n) is 11.6. The first-order valence-electron chi connectivity index (χ1n) is 25.6. The Labute approximate surface area is 388 Å². The van der Waals surface area contributed by atoms with Crippen LogP contribution in [0.15, 0.2) is 60.8 Å². The summed E-state index contributed by atoms with van der Waals surface area (Å²) in [6.07, 6.45) is 43.2. The summed E-state index contributed by atoms with van der Waals surface area (Å²) in [5.41, 5.74) is 0. The van der Waals surface area contributed by atoms with Gasteiger partial charge in [-0.05, 0) is 89.9 Å². The zero-order chi connectivity index (χ0) is 46.7. The average molecular weight is 904 g/mol. The summed E-state index contributed by atoms with van der Waals surface area (Å²) in [6, 6.07) is -0.872. The molecule has 64 heavy (non-hydrogen) atoms. The summed E-state index contributed by atoms with van der Waals surface area (Å²) >= 11 is 0. The van der Waals surface area contributed by atoms with Crippen molar-refractivity contribution in [2.24, 2.45) is 0 Å². The van der Waals surface area contributed by atoms with Crippen LogP contribution in [0.1, 0.15) is 200 Å². The second-order valence-corrected chi connectivity index (χ2v) is 17.5. The lowest BCUT2D eigenvalue weighted by Crippen LogP contribution is -2.60. The quantitative estimate of drug-likeness (QED) is 0.0197. The van der Waals surface area contributed by atoms with Crippen molar-refractivity contribution in [1.29, 1.82) is 0 Å². The Bertz CT molecular complexity index is 1250. The first-order valence-corrected chi connectivity index (χ1v) is 25.6. The highest BCUT2D eigenvalue weighted by atomic mass is 16.7. The highest BCUT2D eigenvalue weighted by Gasteiger charge is 2.44. The van der Waals surface area contributed by atoms with E-state index in [1.165, 1.54) is 96.3 Å². The Morgan fingerprint density at radius 1 is 0.578 bits per heavy atom. The molecule has 11 nitrogen and oxygen atoms in total. The number of amides is 1. The van der Waals surface area contributed by atoms with Gasteiger partial charge in [0.05, 0.1) is 32.0 Å². The van der Waals surface area contributed by atoms with Crippen LogP contribution in [0.5, 0.6) is 0 Å². The van der Waals surface area contributed by atoms with E-state index in [2.05, 4.69) is 55.6 Å². The Morgan fingerprint density at radius 3 is 1.70 bits per heavy atom. The number of unbranched alkanes of at least 4 members (excludes halogenated alkanes) is 20. The Morgan fingerprint density at radius 2 is 1.08 bits per heavy atom. The molecule has 0 aromatic carbocycles. The molecule has 1 aliphatic rings. The average Bonchev–Trinajstić information content (AvgIpc) is 3.29. The van der Waals surface area contributed by atoms with E-state index in [-0.39, 0.29) is 24.9 Å². The van der Waals surface area contributed by atoms with Crippen molar-refractivity contribution in [1.82, 2.24) is 5.32 Å². The fraction of sp³-hybridized carbons (Fsp3) is 0.774. The van der Waals surface area contributed by atoms with Gasteiger partial charge >= 0.3 is 5.97 Å². The normalized spacial score (nSPS) is 20.4. The molecule has 0 bridgehead atoms. The summed E-state index contributed by atoms with van der Waals surface area (Å²) in [5.74, 6) is -0.328. The summed E-state index contributed by atoms with van der Waals surface area (Å²) in [6.45, 7) is 4.15. The molecule has 0 aromatic heterocycles. The topological polar surface area (TPSA) is 175 Å². The maximum Gasteiger partial charge on any atom is 0.305 e. The van der Waals surface area contributed by atoms with Crippen molar-refractivity contribution in [3.8, 4) is 0 Å². The van der Waals surface area contributed by atoms with E-state index in [9.17, 15) is 35.1 Å². The second kappa shape index (κ2) is 43.0. The van der Waals surface area contributed by atoms with Gasteiger partial charge in [0.15, 0.2) is 6.29 Å². The number of carbonyl (C=O) groups excluding carboxylic acids is 2. The number of aliphatic hydroxyl groups excluding tert-OH is 5. The molecule has 0 aromatic rings. The van der Waals surface area contributed by atoms with Crippen molar-refractivity contribution in [2.75, 3.05) is 19.8 Å².